The summed E-state index contributed by atoms with van der Waals surface area (Å²) in [4.78, 5) is 13.3. The molecule has 2 aromatic rings. The van der Waals surface area contributed by atoms with Gasteiger partial charge in [-0.15, -0.1) is 0 Å². The summed E-state index contributed by atoms with van der Waals surface area (Å²) in [5, 5.41) is 4.58. The molecule has 0 unspecified atom stereocenters. The molecule has 0 N–H and O–H groups in total. The Labute approximate surface area is 179 Å². The van der Waals surface area contributed by atoms with Crippen LogP contribution < -0.4 is 4.74 Å². The highest BCUT2D eigenvalue weighted by Crippen LogP contribution is 2.60. The number of methoxy groups -OCH3 is 1. The fraction of sp³-hybridized carbons (Fsp3) is 0.538. The number of allylic oxidation sites excluding steroid dienone is 1. The first-order valence-electron chi connectivity index (χ1n) is 11.3. The van der Waals surface area contributed by atoms with Crippen molar-refractivity contribution in [3.05, 3.63) is 52.9 Å². The van der Waals surface area contributed by atoms with Gasteiger partial charge >= 0.3 is 0 Å². The molecule has 0 radical (unpaired) electrons. The third-order valence-electron chi connectivity index (χ3n) is 7.72. The van der Waals surface area contributed by atoms with Crippen molar-refractivity contribution in [3.8, 4) is 5.75 Å². The Morgan fingerprint density at radius 1 is 1.13 bits per heavy atom. The van der Waals surface area contributed by atoms with Crippen LogP contribution in [0.4, 0.5) is 0 Å². The van der Waals surface area contributed by atoms with Crippen molar-refractivity contribution in [2.75, 3.05) is 7.11 Å². The van der Waals surface area contributed by atoms with Crippen molar-refractivity contribution < 1.29 is 9.53 Å². The van der Waals surface area contributed by atoms with Crippen LogP contribution in [0.25, 0.3) is 6.08 Å². The van der Waals surface area contributed by atoms with Crippen molar-refractivity contribution in [1.29, 1.82) is 0 Å². The minimum absolute atomic E-state index is 0.0652. The van der Waals surface area contributed by atoms with E-state index in [2.05, 4.69) is 24.2 Å². The monoisotopic (exact) mass is 404 g/mol. The number of ketones is 1. The van der Waals surface area contributed by atoms with Crippen LogP contribution in [0.2, 0.25) is 0 Å². The second kappa shape index (κ2) is 7.40. The van der Waals surface area contributed by atoms with E-state index in [9.17, 15) is 4.79 Å². The van der Waals surface area contributed by atoms with Crippen molar-refractivity contribution in [2.24, 2.45) is 23.2 Å². The minimum atomic E-state index is -0.0652. The van der Waals surface area contributed by atoms with Crippen molar-refractivity contribution >= 4 is 11.9 Å². The van der Waals surface area contributed by atoms with Gasteiger partial charge in [0.1, 0.15) is 5.75 Å². The molecular weight excluding hydrogens is 372 g/mol. The quantitative estimate of drug-likeness (QED) is 0.609. The van der Waals surface area contributed by atoms with Crippen LogP contribution in [0, 0.1) is 37.0 Å². The fourth-order valence-corrected chi connectivity index (χ4v) is 6.78. The lowest BCUT2D eigenvalue weighted by Crippen LogP contribution is -2.49. The van der Waals surface area contributed by atoms with Gasteiger partial charge in [-0.25, -0.2) is 0 Å². The number of nitrogens with zero attached hydrogens (tertiary/aromatic N) is 2. The van der Waals surface area contributed by atoms with Gasteiger partial charge in [-0.05, 0) is 100.0 Å². The van der Waals surface area contributed by atoms with Gasteiger partial charge in [0.2, 0.25) is 0 Å². The summed E-state index contributed by atoms with van der Waals surface area (Å²) in [7, 11) is 1.70. The molecule has 0 spiro atoms. The van der Waals surface area contributed by atoms with E-state index in [1.807, 2.05) is 35.9 Å². The average molecular weight is 405 g/mol. The molecule has 158 valence electrons. The minimum Gasteiger partial charge on any atom is -0.496 e. The predicted octanol–water partition coefficient (Wildman–Crippen LogP) is 5.36. The van der Waals surface area contributed by atoms with Crippen LogP contribution in [-0.4, -0.2) is 22.7 Å². The standard InChI is InChI=1S/C26H32N2O2/c1-17-8-18(2)28(27-17)16-23-12-19(4-6-24(23)30-3)5-7-25(29)26-13-20-9-21(14-26)11-22(10-20)15-26/h4-8,12,20-22H,9-11,13-16H2,1-3H3/b7-5+. The van der Waals surface area contributed by atoms with Gasteiger partial charge in [0.15, 0.2) is 5.78 Å². The molecule has 0 amide bonds. The summed E-state index contributed by atoms with van der Waals surface area (Å²) in [5.41, 5.74) is 4.21. The number of hydrogen-bond acceptors (Lipinski definition) is 3. The van der Waals surface area contributed by atoms with Crippen LogP contribution in [0.1, 0.15) is 61.0 Å². The lowest BCUT2D eigenvalue weighted by atomic mass is 9.48. The van der Waals surface area contributed by atoms with Gasteiger partial charge in [0.05, 0.1) is 19.3 Å². The highest BCUT2D eigenvalue weighted by molar-refractivity contribution is 5.98. The van der Waals surface area contributed by atoms with Crippen LogP contribution in [0.3, 0.4) is 0 Å². The maximum Gasteiger partial charge on any atom is 0.161 e. The Bertz CT molecular complexity index is 965. The van der Waals surface area contributed by atoms with Gasteiger partial charge in [-0.1, -0.05) is 12.1 Å². The molecule has 0 aliphatic heterocycles. The third-order valence-corrected chi connectivity index (χ3v) is 7.72. The van der Waals surface area contributed by atoms with Gasteiger partial charge in [-0.3, -0.25) is 9.48 Å². The molecule has 30 heavy (non-hydrogen) atoms. The molecule has 4 nitrogen and oxygen atoms in total. The second-order valence-corrected chi connectivity index (χ2v) is 10.1. The van der Waals surface area contributed by atoms with Gasteiger partial charge in [0, 0.05) is 16.7 Å². The van der Waals surface area contributed by atoms with Crippen molar-refractivity contribution in [2.45, 2.75) is 58.9 Å². The first-order valence-corrected chi connectivity index (χ1v) is 11.3. The van der Waals surface area contributed by atoms with E-state index >= 15 is 0 Å². The third kappa shape index (κ3) is 3.51. The number of ether oxygens (including phenoxy) is 1. The number of aryl methyl sites for hydroxylation is 2. The predicted molar refractivity (Wildman–Crippen MR) is 118 cm³/mol. The summed E-state index contributed by atoms with van der Waals surface area (Å²) in [6.45, 7) is 4.74. The topological polar surface area (TPSA) is 44.1 Å². The molecule has 1 aromatic carbocycles. The number of benzene rings is 1. The van der Waals surface area contributed by atoms with Gasteiger partial charge in [-0.2, -0.15) is 5.10 Å². The van der Waals surface area contributed by atoms with E-state index in [1.54, 1.807) is 7.11 Å². The molecule has 4 heteroatoms. The van der Waals surface area contributed by atoms with E-state index in [-0.39, 0.29) is 5.41 Å². The summed E-state index contributed by atoms with van der Waals surface area (Å²) < 4.78 is 7.58. The number of carbonyl (C=O) groups is 1. The molecule has 1 heterocycles. The van der Waals surface area contributed by atoms with E-state index in [1.165, 1.54) is 19.3 Å². The Morgan fingerprint density at radius 2 is 1.80 bits per heavy atom. The van der Waals surface area contributed by atoms with Crippen LogP contribution >= 0.6 is 0 Å². The highest BCUT2D eigenvalue weighted by atomic mass is 16.5. The molecule has 4 aliphatic rings. The zero-order valence-corrected chi connectivity index (χ0v) is 18.4. The maximum atomic E-state index is 13.3. The summed E-state index contributed by atoms with van der Waals surface area (Å²) >= 11 is 0. The van der Waals surface area contributed by atoms with E-state index in [0.29, 0.717) is 12.3 Å². The SMILES string of the molecule is COc1ccc(/C=C/C(=O)C23CC4CC(CC(C4)C2)C3)cc1Cn1nc(C)cc1C. The molecule has 4 bridgehead atoms. The Kier molecular flexibility index (Phi) is 4.83. The van der Waals surface area contributed by atoms with Crippen molar-refractivity contribution in [1.82, 2.24) is 9.78 Å². The lowest BCUT2D eigenvalue weighted by Gasteiger charge is -2.55. The zero-order chi connectivity index (χ0) is 20.9. The molecule has 6 rings (SSSR count). The Balaban J connectivity index is 1.36. The molecule has 4 fully saturated rings. The first-order chi connectivity index (χ1) is 14.4. The highest BCUT2D eigenvalue weighted by Gasteiger charge is 2.53. The number of rotatable bonds is 6. The van der Waals surface area contributed by atoms with Gasteiger partial charge in [0.25, 0.3) is 0 Å². The number of aromatic nitrogens is 2. The van der Waals surface area contributed by atoms with E-state index in [4.69, 9.17) is 4.74 Å². The average Bonchev–Trinajstić information content (AvgIpc) is 3.02. The molecule has 4 saturated carbocycles. The molecule has 0 saturated heterocycles. The second-order valence-electron chi connectivity index (χ2n) is 10.1. The first kappa shape index (κ1) is 19.6. The molecular formula is C26H32N2O2. The van der Waals surface area contributed by atoms with Crippen molar-refractivity contribution in [3.63, 3.8) is 0 Å². The maximum absolute atomic E-state index is 13.3. The summed E-state index contributed by atoms with van der Waals surface area (Å²) in [5.74, 6) is 3.59. The fourth-order valence-electron chi connectivity index (χ4n) is 6.78. The van der Waals surface area contributed by atoms with E-state index in [0.717, 1.165) is 65.3 Å². The number of hydrogen-bond donors (Lipinski definition) is 0. The molecule has 4 aliphatic carbocycles. The summed E-state index contributed by atoms with van der Waals surface area (Å²) in [6, 6.07) is 8.24. The number of carbonyl (C=O) groups excluding carboxylic acids is 1. The molecule has 0 atom stereocenters. The Hall–Kier alpha value is -2.36. The zero-order valence-electron chi connectivity index (χ0n) is 18.4. The lowest BCUT2D eigenvalue weighted by molar-refractivity contribution is -0.138. The Morgan fingerprint density at radius 3 is 2.37 bits per heavy atom. The molecule has 1 aromatic heterocycles. The van der Waals surface area contributed by atoms with Crippen LogP contribution in [0.15, 0.2) is 30.3 Å². The largest absolute Gasteiger partial charge is 0.496 e. The van der Waals surface area contributed by atoms with Crippen LogP contribution in [-0.2, 0) is 11.3 Å². The van der Waals surface area contributed by atoms with E-state index < -0.39 is 0 Å². The van der Waals surface area contributed by atoms with Gasteiger partial charge < -0.3 is 4.74 Å². The normalized spacial score (nSPS) is 29.6. The smallest absolute Gasteiger partial charge is 0.161 e. The van der Waals surface area contributed by atoms with Crippen LogP contribution in [0.5, 0.6) is 5.75 Å². The summed E-state index contributed by atoms with van der Waals surface area (Å²) in [6.07, 6.45) is 11.3.